The molecule has 0 saturated carbocycles. The van der Waals surface area contributed by atoms with E-state index in [4.69, 9.17) is 0 Å². The van der Waals surface area contributed by atoms with Gasteiger partial charge in [0.25, 0.3) is 10.0 Å². The number of nitrogens with zero attached hydrogens (tertiary/aromatic N) is 1. The van der Waals surface area contributed by atoms with Crippen LogP contribution in [-0.4, -0.2) is 27.4 Å². The number of hydrogen-bond donors (Lipinski definition) is 1. The van der Waals surface area contributed by atoms with Gasteiger partial charge in [-0.05, 0) is 44.5 Å². The maximum Gasteiger partial charge on any atom is 0.264 e. The predicted octanol–water partition coefficient (Wildman–Crippen LogP) is 3.81. The Kier molecular flexibility index (Phi) is 7.42. The van der Waals surface area contributed by atoms with E-state index in [9.17, 15) is 13.2 Å². The summed E-state index contributed by atoms with van der Waals surface area (Å²) >= 11 is 0. The molecule has 0 aromatic heterocycles. The highest BCUT2D eigenvalue weighted by molar-refractivity contribution is 7.92. The Morgan fingerprint density at radius 1 is 0.963 bits per heavy atom. The van der Waals surface area contributed by atoms with Gasteiger partial charge in [0.05, 0.1) is 10.6 Å². The Bertz CT molecular complexity index is 844. The molecule has 2 aromatic rings. The van der Waals surface area contributed by atoms with Crippen molar-refractivity contribution in [2.24, 2.45) is 0 Å². The van der Waals surface area contributed by atoms with Crippen LogP contribution in [0.3, 0.4) is 0 Å². The fraction of sp³-hybridized carbons (Fsp3) is 0.381. The minimum atomic E-state index is -3.75. The molecule has 0 aliphatic carbocycles. The van der Waals surface area contributed by atoms with Gasteiger partial charge < -0.3 is 5.32 Å². The first-order valence-electron chi connectivity index (χ1n) is 9.27. The van der Waals surface area contributed by atoms with Crippen LogP contribution in [-0.2, 0) is 14.8 Å². The molecule has 0 radical (unpaired) electrons. The molecular weight excluding hydrogens is 360 g/mol. The molecule has 1 N–H and O–H groups in total. The molecule has 146 valence electrons. The first kappa shape index (κ1) is 21.0. The number of aryl methyl sites for hydroxylation is 2. The molecule has 0 fully saturated rings. The molecule has 2 aromatic carbocycles. The Morgan fingerprint density at radius 3 is 2.07 bits per heavy atom. The molecule has 1 amide bonds. The molecule has 0 aliphatic heterocycles. The van der Waals surface area contributed by atoms with Gasteiger partial charge in [-0.25, -0.2) is 8.42 Å². The van der Waals surface area contributed by atoms with E-state index >= 15 is 0 Å². The van der Waals surface area contributed by atoms with Gasteiger partial charge in [0.2, 0.25) is 5.91 Å². The highest BCUT2D eigenvalue weighted by Crippen LogP contribution is 2.24. The number of anilines is 1. The molecule has 2 rings (SSSR count). The lowest BCUT2D eigenvalue weighted by molar-refractivity contribution is -0.120. The van der Waals surface area contributed by atoms with E-state index in [2.05, 4.69) is 12.2 Å². The molecule has 0 heterocycles. The summed E-state index contributed by atoms with van der Waals surface area (Å²) in [6.45, 7) is 6.62. The molecule has 0 spiro atoms. The van der Waals surface area contributed by atoms with Crippen molar-refractivity contribution >= 4 is 21.6 Å². The summed E-state index contributed by atoms with van der Waals surface area (Å²) in [5.74, 6) is -0.139. The zero-order valence-electron chi connectivity index (χ0n) is 16.2. The number of nitrogens with one attached hydrogen (secondary N) is 1. The fourth-order valence-electron chi connectivity index (χ4n) is 2.63. The van der Waals surface area contributed by atoms with Gasteiger partial charge in [0, 0.05) is 19.5 Å². The average Bonchev–Trinajstić information content (AvgIpc) is 2.64. The Morgan fingerprint density at radius 2 is 1.52 bits per heavy atom. The number of carbonyl (C=O) groups excluding carboxylic acids is 1. The van der Waals surface area contributed by atoms with Gasteiger partial charge >= 0.3 is 0 Å². The number of hydrogen-bond acceptors (Lipinski definition) is 3. The van der Waals surface area contributed by atoms with Crippen LogP contribution < -0.4 is 9.62 Å². The Labute approximate surface area is 162 Å². The SMILES string of the molecule is CCCCNC(=O)CCN(c1ccc(C)cc1)S(=O)(=O)c1ccc(C)cc1. The lowest BCUT2D eigenvalue weighted by Crippen LogP contribution is -2.35. The highest BCUT2D eigenvalue weighted by Gasteiger charge is 2.25. The third-order valence-electron chi connectivity index (χ3n) is 4.33. The van der Waals surface area contributed by atoms with Gasteiger partial charge in [-0.15, -0.1) is 0 Å². The summed E-state index contributed by atoms with van der Waals surface area (Å²) in [7, 11) is -3.75. The first-order chi connectivity index (χ1) is 12.8. The van der Waals surface area contributed by atoms with E-state index in [-0.39, 0.29) is 23.8 Å². The average molecular weight is 389 g/mol. The van der Waals surface area contributed by atoms with E-state index in [1.807, 2.05) is 26.0 Å². The third-order valence-corrected chi connectivity index (χ3v) is 6.17. The number of amides is 1. The van der Waals surface area contributed by atoms with E-state index in [1.165, 1.54) is 4.31 Å². The van der Waals surface area contributed by atoms with E-state index in [0.717, 1.165) is 24.0 Å². The standard InChI is InChI=1S/C21H28N2O3S/c1-4-5-15-22-21(24)14-16-23(19-10-6-17(2)7-11-19)27(25,26)20-12-8-18(3)9-13-20/h6-13H,4-5,14-16H2,1-3H3,(H,22,24). The quantitative estimate of drug-likeness (QED) is 0.665. The number of unbranched alkanes of at least 4 members (excludes halogenated alkanes) is 1. The number of rotatable bonds is 9. The van der Waals surface area contributed by atoms with Gasteiger partial charge in [-0.2, -0.15) is 0 Å². The van der Waals surface area contributed by atoms with Gasteiger partial charge in [-0.3, -0.25) is 9.10 Å². The third kappa shape index (κ3) is 5.82. The monoisotopic (exact) mass is 388 g/mol. The number of sulfonamides is 1. The molecule has 0 bridgehead atoms. The molecule has 27 heavy (non-hydrogen) atoms. The second-order valence-electron chi connectivity index (χ2n) is 6.68. The molecule has 0 aliphatic rings. The van der Waals surface area contributed by atoms with Crippen molar-refractivity contribution < 1.29 is 13.2 Å². The van der Waals surface area contributed by atoms with E-state index in [1.54, 1.807) is 36.4 Å². The van der Waals surface area contributed by atoms with Crippen LogP contribution in [0.4, 0.5) is 5.69 Å². The topological polar surface area (TPSA) is 66.5 Å². The van der Waals surface area contributed by atoms with Gasteiger partial charge in [0.1, 0.15) is 0 Å². The van der Waals surface area contributed by atoms with Gasteiger partial charge in [0.15, 0.2) is 0 Å². The summed E-state index contributed by atoms with van der Waals surface area (Å²) < 4.78 is 27.7. The van der Waals surface area contributed by atoms with Crippen molar-refractivity contribution in [1.29, 1.82) is 0 Å². The molecule has 5 nitrogen and oxygen atoms in total. The van der Waals surface area contributed by atoms with Crippen molar-refractivity contribution in [3.63, 3.8) is 0 Å². The summed E-state index contributed by atoms with van der Waals surface area (Å²) in [6.07, 6.45) is 2.02. The van der Waals surface area contributed by atoms with E-state index in [0.29, 0.717) is 12.2 Å². The largest absolute Gasteiger partial charge is 0.356 e. The summed E-state index contributed by atoms with van der Waals surface area (Å²) in [5.41, 5.74) is 2.59. The molecule has 6 heteroatoms. The molecule has 0 saturated heterocycles. The van der Waals surface area contributed by atoms with Crippen LogP contribution in [0.2, 0.25) is 0 Å². The molecule has 0 unspecified atom stereocenters. The summed E-state index contributed by atoms with van der Waals surface area (Å²) in [4.78, 5) is 12.3. The van der Waals surface area contributed by atoms with Crippen LogP contribution in [0.25, 0.3) is 0 Å². The first-order valence-corrected chi connectivity index (χ1v) is 10.7. The predicted molar refractivity (Wildman–Crippen MR) is 109 cm³/mol. The maximum atomic E-state index is 13.2. The van der Waals surface area contributed by atoms with Crippen molar-refractivity contribution in [1.82, 2.24) is 5.32 Å². The maximum absolute atomic E-state index is 13.2. The lowest BCUT2D eigenvalue weighted by Gasteiger charge is -2.24. The minimum Gasteiger partial charge on any atom is -0.356 e. The van der Waals surface area contributed by atoms with E-state index < -0.39 is 10.0 Å². The zero-order chi connectivity index (χ0) is 19.9. The number of benzene rings is 2. The summed E-state index contributed by atoms with van der Waals surface area (Å²) in [6, 6.07) is 14.0. The smallest absolute Gasteiger partial charge is 0.264 e. The second-order valence-corrected chi connectivity index (χ2v) is 8.54. The van der Waals surface area contributed by atoms with Crippen LogP contribution in [0.5, 0.6) is 0 Å². The van der Waals surface area contributed by atoms with Crippen molar-refractivity contribution in [2.75, 3.05) is 17.4 Å². The normalized spacial score (nSPS) is 11.2. The fourth-order valence-corrected chi connectivity index (χ4v) is 4.10. The van der Waals surface area contributed by atoms with Crippen molar-refractivity contribution in [3.8, 4) is 0 Å². The Balaban J connectivity index is 2.25. The van der Waals surface area contributed by atoms with Crippen LogP contribution in [0.15, 0.2) is 53.4 Å². The molecular formula is C21H28N2O3S. The Hall–Kier alpha value is -2.34. The summed E-state index contributed by atoms with van der Waals surface area (Å²) in [5, 5.41) is 2.84. The van der Waals surface area contributed by atoms with Crippen LogP contribution >= 0.6 is 0 Å². The van der Waals surface area contributed by atoms with Crippen molar-refractivity contribution in [2.45, 2.75) is 44.9 Å². The molecule has 0 atom stereocenters. The van der Waals surface area contributed by atoms with Crippen molar-refractivity contribution in [3.05, 3.63) is 59.7 Å². The van der Waals surface area contributed by atoms with Crippen LogP contribution in [0.1, 0.15) is 37.3 Å². The second kappa shape index (κ2) is 9.55. The highest BCUT2D eigenvalue weighted by atomic mass is 32.2. The minimum absolute atomic E-state index is 0.0945. The number of carbonyl (C=O) groups is 1. The zero-order valence-corrected chi connectivity index (χ0v) is 17.1. The lowest BCUT2D eigenvalue weighted by atomic mass is 10.2. The van der Waals surface area contributed by atoms with Crippen LogP contribution in [0, 0.1) is 13.8 Å². The van der Waals surface area contributed by atoms with Gasteiger partial charge in [-0.1, -0.05) is 48.7 Å².